The van der Waals surface area contributed by atoms with Gasteiger partial charge in [-0.15, -0.1) is 0 Å². The Labute approximate surface area is 131 Å². The van der Waals surface area contributed by atoms with Crippen LogP contribution < -0.4 is 5.32 Å². The average molecular weight is 317 g/mol. The highest BCUT2D eigenvalue weighted by molar-refractivity contribution is 7.90. The van der Waals surface area contributed by atoms with E-state index in [9.17, 15) is 13.2 Å². The van der Waals surface area contributed by atoms with Gasteiger partial charge in [0.15, 0.2) is 9.84 Å². The van der Waals surface area contributed by atoms with Gasteiger partial charge in [-0.2, -0.15) is 0 Å². The molecule has 0 aliphatic heterocycles. The zero-order valence-electron chi connectivity index (χ0n) is 12.8. The summed E-state index contributed by atoms with van der Waals surface area (Å²) in [5, 5.41) is 2.75. The van der Waals surface area contributed by atoms with Crippen LogP contribution in [0.25, 0.3) is 0 Å². The number of carbonyl (C=O) groups excluding carboxylic acids is 1. The van der Waals surface area contributed by atoms with Crippen LogP contribution in [0.15, 0.2) is 53.4 Å². The number of sulfone groups is 1. The molecule has 1 amide bonds. The minimum absolute atomic E-state index is 0.220. The summed E-state index contributed by atoms with van der Waals surface area (Å²) >= 11 is 0. The third kappa shape index (κ3) is 3.95. The predicted octanol–water partition coefficient (Wildman–Crippen LogP) is 3.47. The molecule has 0 aliphatic rings. The number of rotatable bonds is 4. The van der Waals surface area contributed by atoms with Crippen molar-refractivity contribution in [2.24, 2.45) is 0 Å². The lowest BCUT2D eigenvalue weighted by Crippen LogP contribution is -2.12. The minimum Gasteiger partial charge on any atom is -0.322 e. The van der Waals surface area contributed by atoms with E-state index in [2.05, 4.69) is 19.2 Å². The topological polar surface area (TPSA) is 63.2 Å². The second-order valence-corrected chi connectivity index (χ2v) is 7.54. The molecular weight excluding hydrogens is 298 g/mol. The summed E-state index contributed by atoms with van der Waals surface area (Å²) in [5.41, 5.74) is 2.30. The Hall–Kier alpha value is -2.14. The average Bonchev–Trinajstić information content (AvgIpc) is 2.47. The second kappa shape index (κ2) is 6.32. The van der Waals surface area contributed by atoms with Gasteiger partial charge in [0.25, 0.3) is 5.91 Å². The van der Waals surface area contributed by atoms with Gasteiger partial charge in [-0.3, -0.25) is 4.79 Å². The first-order valence-electron chi connectivity index (χ1n) is 6.99. The molecule has 0 radical (unpaired) electrons. The van der Waals surface area contributed by atoms with Gasteiger partial charge in [0.2, 0.25) is 0 Å². The number of anilines is 1. The summed E-state index contributed by atoms with van der Waals surface area (Å²) in [4.78, 5) is 12.4. The molecule has 1 N–H and O–H groups in total. The van der Waals surface area contributed by atoms with Crippen LogP contribution in [0.1, 0.15) is 35.7 Å². The first-order valence-corrected chi connectivity index (χ1v) is 8.88. The molecule has 0 atom stereocenters. The van der Waals surface area contributed by atoms with Crippen molar-refractivity contribution in [3.8, 4) is 0 Å². The summed E-state index contributed by atoms with van der Waals surface area (Å²) < 4.78 is 22.8. The maximum Gasteiger partial charge on any atom is 0.255 e. The van der Waals surface area contributed by atoms with E-state index in [0.717, 1.165) is 6.26 Å². The maximum absolute atomic E-state index is 12.1. The Bertz CT molecular complexity index is 761. The molecule has 4 nitrogen and oxygen atoms in total. The lowest BCUT2D eigenvalue weighted by atomic mass is 10.0. The first-order chi connectivity index (χ1) is 10.3. The number of carbonyl (C=O) groups is 1. The van der Waals surface area contributed by atoms with E-state index >= 15 is 0 Å². The number of nitrogens with one attached hydrogen (secondary N) is 1. The molecule has 0 bridgehead atoms. The quantitative estimate of drug-likeness (QED) is 0.939. The van der Waals surface area contributed by atoms with Crippen molar-refractivity contribution >= 4 is 21.4 Å². The molecule has 0 heterocycles. The number of hydrogen-bond donors (Lipinski definition) is 1. The van der Waals surface area contributed by atoms with Gasteiger partial charge in [-0.1, -0.05) is 26.0 Å². The van der Waals surface area contributed by atoms with Gasteiger partial charge in [0.05, 0.1) is 4.90 Å². The highest BCUT2D eigenvalue weighted by Crippen LogP contribution is 2.17. The van der Waals surface area contributed by atoms with Crippen LogP contribution in [0.2, 0.25) is 0 Å². The van der Waals surface area contributed by atoms with Crippen LogP contribution in [-0.4, -0.2) is 20.6 Å². The van der Waals surface area contributed by atoms with Gasteiger partial charge in [-0.05, 0) is 47.9 Å². The molecule has 0 spiro atoms. The van der Waals surface area contributed by atoms with Crippen LogP contribution in [0.4, 0.5) is 5.69 Å². The third-order valence-corrected chi connectivity index (χ3v) is 4.51. The highest BCUT2D eigenvalue weighted by atomic mass is 32.2. The normalized spacial score (nSPS) is 11.5. The van der Waals surface area contributed by atoms with Gasteiger partial charge in [0, 0.05) is 17.5 Å². The lowest BCUT2D eigenvalue weighted by molar-refractivity contribution is 0.102. The fourth-order valence-electron chi connectivity index (χ4n) is 2.01. The zero-order chi connectivity index (χ0) is 16.3. The van der Waals surface area contributed by atoms with Crippen molar-refractivity contribution < 1.29 is 13.2 Å². The van der Waals surface area contributed by atoms with E-state index in [1.165, 1.54) is 17.7 Å². The molecule has 2 aromatic rings. The minimum atomic E-state index is -3.23. The number of benzene rings is 2. The van der Waals surface area contributed by atoms with Crippen LogP contribution in [-0.2, 0) is 9.84 Å². The van der Waals surface area contributed by atoms with Gasteiger partial charge < -0.3 is 5.32 Å². The van der Waals surface area contributed by atoms with Crippen molar-refractivity contribution in [1.82, 2.24) is 0 Å². The van der Waals surface area contributed by atoms with E-state index in [1.807, 2.05) is 12.1 Å². The van der Waals surface area contributed by atoms with Crippen LogP contribution in [0, 0.1) is 0 Å². The maximum atomic E-state index is 12.1. The zero-order valence-corrected chi connectivity index (χ0v) is 13.6. The summed E-state index contributed by atoms with van der Waals surface area (Å²) in [5.74, 6) is 0.197. The Balaban J connectivity index is 2.11. The second-order valence-electron chi connectivity index (χ2n) is 5.53. The van der Waals surface area contributed by atoms with Gasteiger partial charge in [-0.25, -0.2) is 8.42 Å². The molecule has 2 aromatic carbocycles. The van der Waals surface area contributed by atoms with E-state index in [0.29, 0.717) is 17.2 Å². The van der Waals surface area contributed by atoms with Gasteiger partial charge in [0.1, 0.15) is 0 Å². The van der Waals surface area contributed by atoms with E-state index in [4.69, 9.17) is 0 Å². The molecule has 0 aromatic heterocycles. The molecule has 0 saturated heterocycles. The molecule has 0 saturated carbocycles. The van der Waals surface area contributed by atoms with E-state index in [1.54, 1.807) is 24.3 Å². The van der Waals surface area contributed by atoms with Gasteiger partial charge >= 0.3 is 0 Å². The standard InChI is InChI=1S/C17H19NO3S/c1-12(2)13-4-6-14(7-5-13)17(19)18-15-8-10-16(11-9-15)22(3,20)21/h4-12H,1-3H3,(H,18,19). The Morgan fingerprint density at radius 2 is 1.50 bits per heavy atom. The Kier molecular flexibility index (Phi) is 4.66. The molecular formula is C17H19NO3S. The predicted molar refractivity (Wildman–Crippen MR) is 88.0 cm³/mol. The van der Waals surface area contributed by atoms with Crippen molar-refractivity contribution in [1.29, 1.82) is 0 Å². The largest absolute Gasteiger partial charge is 0.322 e. The molecule has 0 fully saturated rings. The molecule has 5 heteroatoms. The smallest absolute Gasteiger partial charge is 0.255 e. The summed E-state index contributed by atoms with van der Waals surface area (Å²) in [6.07, 6.45) is 1.15. The Morgan fingerprint density at radius 3 is 1.95 bits per heavy atom. The lowest BCUT2D eigenvalue weighted by Gasteiger charge is -2.08. The monoisotopic (exact) mass is 317 g/mol. The molecule has 0 unspecified atom stereocenters. The summed E-state index contributed by atoms with van der Waals surface area (Å²) in [6.45, 7) is 4.19. The highest BCUT2D eigenvalue weighted by Gasteiger charge is 2.09. The fourth-order valence-corrected chi connectivity index (χ4v) is 2.64. The van der Waals surface area contributed by atoms with E-state index < -0.39 is 9.84 Å². The molecule has 116 valence electrons. The van der Waals surface area contributed by atoms with Crippen molar-refractivity contribution in [2.75, 3.05) is 11.6 Å². The van der Waals surface area contributed by atoms with Crippen LogP contribution in [0.5, 0.6) is 0 Å². The molecule has 22 heavy (non-hydrogen) atoms. The molecule has 2 rings (SSSR count). The number of hydrogen-bond acceptors (Lipinski definition) is 3. The molecule has 0 aliphatic carbocycles. The Morgan fingerprint density at radius 1 is 0.955 bits per heavy atom. The number of amides is 1. The van der Waals surface area contributed by atoms with Crippen LogP contribution in [0.3, 0.4) is 0 Å². The third-order valence-electron chi connectivity index (χ3n) is 3.38. The van der Waals surface area contributed by atoms with Crippen molar-refractivity contribution in [3.05, 3.63) is 59.7 Å². The SMILES string of the molecule is CC(C)c1ccc(C(=O)Nc2ccc(S(C)(=O)=O)cc2)cc1. The first kappa shape index (κ1) is 16.2. The van der Waals surface area contributed by atoms with E-state index in [-0.39, 0.29) is 10.8 Å². The summed E-state index contributed by atoms with van der Waals surface area (Å²) in [6, 6.07) is 13.6. The van der Waals surface area contributed by atoms with Crippen molar-refractivity contribution in [3.63, 3.8) is 0 Å². The van der Waals surface area contributed by atoms with Crippen LogP contribution >= 0.6 is 0 Å². The summed E-state index contributed by atoms with van der Waals surface area (Å²) in [7, 11) is -3.23. The van der Waals surface area contributed by atoms with Crippen molar-refractivity contribution in [2.45, 2.75) is 24.7 Å². The fraction of sp³-hybridized carbons (Fsp3) is 0.235.